The number of benzene rings is 2. The third-order valence-electron chi connectivity index (χ3n) is 7.15. The highest BCUT2D eigenvalue weighted by Gasteiger charge is 2.21. The lowest BCUT2D eigenvalue weighted by Gasteiger charge is -2.26. The van der Waals surface area contributed by atoms with Crippen molar-refractivity contribution in [1.82, 2.24) is 10.6 Å². The summed E-state index contributed by atoms with van der Waals surface area (Å²) in [6.07, 6.45) is 8.35. The molecule has 2 aromatic carbocycles. The molecule has 1 aliphatic rings. The lowest BCUT2D eigenvalue weighted by molar-refractivity contribution is -0.121. The molecule has 6 nitrogen and oxygen atoms in total. The van der Waals surface area contributed by atoms with Crippen LogP contribution in [0.1, 0.15) is 85.5 Å². The minimum Gasteiger partial charge on any atom is -0.451 e. The van der Waals surface area contributed by atoms with Crippen LogP contribution in [0.5, 0.6) is 0 Å². The molecule has 194 valence electrons. The zero-order valence-corrected chi connectivity index (χ0v) is 21.8. The van der Waals surface area contributed by atoms with Gasteiger partial charge in [-0.15, -0.1) is 0 Å². The standard InChI is InChI=1S/C31H36N2O4/c1-3-7-30(35)33-20-24-8-5-6-9-25(24)23-13-10-22(11-14-23)16-17-32-31(36)29-19-27(34)26-18-21(4-2)12-15-28(26)37-29/h5-6,8-9,12,15-16,18-19,23H,3-4,7,10-11,13-14,17,20H2,1-2H3,(H,32,36)(H,33,35). The van der Waals surface area contributed by atoms with E-state index in [1.165, 1.54) is 22.8 Å². The van der Waals surface area contributed by atoms with Crippen LogP contribution in [0.25, 0.3) is 11.0 Å². The fraction of sp³-hybridized carbons (Fsp3) is 0.387. The van der Waals surface area contributed by atoms with Crippen LogP contribution in [0.15, 0.2) is 69.4 Å². The Hall–Kier alpha value is -3.67. The maximum absolute atomic E-state index is 12.6. The minimum absolute atomic E-state index is 0.0338. The number of amides is 2. The van der Waals surface area contributed by atoms with E-state index in [1.54, 1.807) is 6.07 Å². The number of nitrogens with one attached hydrogen (secondary N) is 2. The van der Waals surface area contributed by atoms with Crippen molar-refractivity contribution in [3.8, 4) is 0 Å². The maximum Gasteiger partial charge on any atom is 0.287 e. The highest BCUT2D eigenvalue weighted by molar-refractivity contribution is 5.93. The molecule has 0 radical (unpaired) electrons. The second kappa shape index (κ2) is 12.5. The number of carbonyl (C=O) groups excluding carboxylic acids is 2. The molecule has 0 aliphatic heterocycles. The average molecular weight is 501 g/mol. The first kappa shape index (κ1) is 26.4. The third kappa shape index (κ3) is 6.76. The van der Waals surface area contributed by atoms with Crippen molar-refractivity contribution in [2.45, 2.75) is 71.3 Å². The molecule has 1 heterocycles. The molecule has 2 N–H and O–H groups in total. The van der Waals surface area contributed by atoms with E-state index < -0.39 is 0 Å². The molecule has 3 aromatic rings. The molecule has 2 amide bonds. The van der Waals surface area contributed by atoms with Gasteiger partial charge in [0.2, 0.25) is 5.91 Å². The van der Waals surface area contributed by atoms with Crippen molar-refractivity contribution in [2.24, 2.45) is 0 Å². The van der Waals surface area contributed by atoms with Crippen LogP contribution in [-0.2, 0) is 17.8 Å². The molecule has 1 aromatic heterocycles. The molecule has 0 unspecified atom stereocenters. The molecule has 1 fully saturated rings. The van der Waals surface area contributed by atoms with Gasteiger partial charge in [0.1, 0.15) is 5.58 Å². The topological polar surface area (TPSA) is 88.4 Å². The second-order valence-corrected chi connectivity index (χ2v) is 9.73. The summed E-state index contributed by atoms with van der Waals surface area (Å²) in [5, 5.41) is 6.40. The first-order valence-electron chi connectivity index (χ1n) is 13.4. The van der Waals surface area contributed by atoms with E-state index in [1.807, 2.05) is 32.0 Å². The SMILES string of the molecule is CCCC(=O)NCc1ccccc1C1CCC(=CCNC(=O)c2cc(=O)c3cc(CC)ccc3o2)CC1. The smallest absolute Gasteiger partial charge is 0.287 e. The number of carbonyl (C=O) groups is 2. The van der Waals surface area contributed by atoms with Gasteiger partial charge in [0.25, 0.3) is 5.91 Å². The summed E-state index contributed by atoms with van der Waals surface area (Å²) in [5.74, 6) is 0.211. The van der Waals surface area contributed by atoms with E-state index in [2.05, 4.69) is 34.9 Å². The van der Waals surface area contributed by atoms with E-state index in [0.717, 1.165) is 44.1 Å². The van der Waals surface area contributed by atoms with Crippen molar-refractivity contribution in [1.29, 1.82) is 0 Å². The zero-order valence-electron chi connectivity index (χ0n) is 21.8. The summed E-state index contributed by atoms with van der Waals surface area (Å²) in [4.78, 5) is 37.0. The third-order valence-corrected chi connectivity index (χ3v) is 7.15. The molecular weight excluding hydrogens is 464 g/mol. The number of aryl methyl sites for hydroxylation is 1. The van der Waals surface area contributed by atoms with Crippen LogP contribution in [0.4, 0.5) is 0 Å². The Balaban J connectivity index is 1.31. The molecule has 1 aliphatic carbocycles. The number of hydrogen-bond donors (Lipinski definition) is 2. The molecule has 37 heavy (non-hydrogen) atoms. The molecule has 4 rings (SSSR count). The summed E-state index contributed by atoms with van der Waals surface area (Å²) in [6.45, 7) is 5.01. The summed E-state index contributed by atoms with van der Waals surface area (Å²) in [6, 6.07) is 15.2. The molecule has 0 saturated heterocycles. The first-order chi connectivity index (χ1) is 18.0. The van der Waals surface area contributed by atoms with E-state index >= 15 is 0 Å². The van der Waals surface area contributed by atoms with Crippen LogP contribution in [0.2, 0.25) is 0 Å². The Morgan fingerprint density at radius 2 is 1.81 bits per heavy atom. The van der Waals surface area contributed by atoms with Gasteiger partial charge in [0, 0.05) is 25.6 Å². The highest BCUT2D eigenvalue weighted by Crippen LogP contribution is 2.36. The van der Waals surface area contributed by atoms with Gasteiger partial charge in [0.05, 0.1) is 5.39 Å². The fourth-order valence-electron chi connectivity index (χ4n) is 5.02. The van der Waals surface area contributed by atoms with Gasteiger partial charge < -0.3 is 15.1 Å². The largest absolute Gasteiger partial charge is 0.451 e. The molecule has 0 spiro atoms. The first-order valence-corrected chi connectivity index (χ1v) is 13.4. The number of rotatable bonds is 9. The highest BCUT2D eigenvalue weighted by atomic mass is 16.3. The Kier molecular flexibility index (Phi) is 8.94. The number of allylic oxidation sites excluding steroid dienone is 1. The van der Waals surface area contributed by atoms with Gasteiger partial charge in [0.15, 0.2) is 11.2 Å². The van der Waals surface area contributed by atoms with Crippen molar-refractivity contribution in [3.63, 3.8) is 0 Å². The molecule has 6 heteroatoms. The van der Waals surface area contributed by atoms with E-state index in [0.29, 0.717) is 36.4 Å². The summed E-state index contributed by atoms with van der Waals surface area (Å²) in [5.41, 5.74) is 5.13. The Morgan fingerprint density at radius 1 is 1.03 bits per heavy atom. The number of fused-ring (bicyclic) bond motifs is 1. The predicted molar refractivity (Wildman–Crippen MR) is 147 cm³/mol. The lowest BCUT2D eigenvalue weighted by Crippen LogP contribution is -2.25. The van der Waals surface area contributed by atoms with Gasteiger partial charge in [-0.2, -0.15) is 0 Å². The van der Waals surface area contributed by atoms with Crippen molar-refractivity contribution in [2.75, 3.05) is 6.54 Å². The molecular formula is C31H36N2O4. The minimum atomic E-state index is -0.386. The van der Waals surface area contributed by atoms with Crippen molar-refractivity contribution in [3.05, 3.63) is 92.9 Å². The van der Waals surface area contributed by atoms with Crippen molar-refractivity contribution >= 4 is 22.8 Å². The molecule has 1 saturated carbocycles. The van der Waals surface area contributed by atoms with Crippen LogP contribution in [-0.4, -0.2) is 18.4 Å². The molecule has 0 atom stereocenters. The van der Waals surface area contributed by atoms with Crippen LogP contribution in [0.3, 0.4) is 0 Å². The maximum atomic E-state index is 12.6. The van der Waals surface area contributed by atoms with E-state index in [4.69, 9.17) is 4.42 Å². The Bertz CT molecular complexity index is 1340. The lowest BCUT2D eigenvalue weighted by atomic mass is 9.80. The Morgan fingerprint density at radius 3 is 2.57 bits per heavy atom. The van der Waals surface area contributed by atoms with Gasteiger partial charge in [-0.1, -0.05) is 55.8 Å². The predicted octanol–water partition coefficient (Wildman–Crippen LogP) is 5.79. The van der Waals surface area contributed by atoms with Gasteiger partial charge in [-0.25, -0.2) is 0 Å². The summed E-state index contributed by atoms with van der Waals surface area (Å²) >= 11 is 0. The van der Waals surface area contributed by atoms with E-state index in [-0.39, 0.29) is 23.0 Å². The van der Waals surface area contributed by atoms with Gasteiger partial charge in [-0.3, -0.25) is 14.4 Å². The fourth-order valence-corrected chi connectivity index (χ4v) is 5.02. The molecule has 0 bridgehead atoms. The number of hydrogen-bond acceptors (Lipinski definition) is 4. The van der Waals surface area contributed by atoms with Crippen molar-refractivity contribution < 1.29 is 14.0 Å². The van der Waals surface area contributed by atoms with Crippen LogP contribution in [0, 0.1) is 0 Å². The summed E-state index contributed by atoms with van der Waals surface area (Å²) in [7, 11) is 0. The zero-order chi connectivity index (χ0) is 26.2. The normalized spacial score (nSPS) is 15.4. The van der Waals surface area contributed by atoms with Gasteiger partial charge in [-0.05, 0) is 73.3 Å². The Labute approximate surface area is 218 Å². The monoisotopic (exact) mass is 500 g/mol. The van der Waals surface area contributed by atoms with Gasteiger partial charge >= 0.3 is 0 Å². The second-order valence-electron chi connectivity index (χ2n) is 9.73. The van der Waals surface area contributed by atoms with Crippen LogP contribution < -0.4 is 16.1 Å². The quantitative estimate of drug-likeness (QED) is 0.364. The average Bonchev–Trinajstić information content (AvgIpc) is 2.92. The van der Waals surface area contributed by atoms with E-state index in [9.17, 15) is 14.4 Å². The summed E-state index contributed by atoms with van der Waals surface area (Å²) < 4.78 is 5.71. The van der Waals surface area contributed by atoms with Crippen LogP contribution >= 0.6 is 0 Å².